The van der Waals surface area contributed by atoms with Gasteiger partial charge in [0.25, 0.3) is 0 Å². The normalized spacial score (nSPS) is 12.8. The van der Waals surface area contributed by atoms with Crippen molar-refractivity contribution in [2.45, 2.75) is 52.2 Å². The number of hydrogen-bond donors (Lipinski definition) is 4. The number of aliphatic carboxylic acids is 1. The van der Waals surface area contributed by atoms with Crippen molar-refractivity contribution in [2.75, 3.05) is 19.7 Å². The Morgan fingerprint density at radius 2 is 1.70 bits per heavy atom. The van der Waals surface area contributed by atoms with Gasteiger partial charge in [0.05, 0.1) is 0 Å². The van der Waals surface area contributed by atoms with Crippen molar-refractivity contribution >= 4 is 12.0 Å². The van der Waals surface area contributed by atoms with E-state index in [1.807, 2.05) is 0 Å². The summed E-state index contributed by atoms with van der Waals surface area (Å²) in [6.07, 6.45) is -0.00708. The van der Waals surface area contributed by atoms with Crippen LogP contribution in [0.2, 0.25) is 0 Å². The molecule has 0 rings (SSSR count). The zero-order valence-corrected chi connectivity index (χ0v) is 12.7. The van der Waals surface area contributed by atoms with Crippen LogP contribution in [0.5, 0.6) is 0 Å². The maximum Gasteiger partial charge on any atom is 0.326 e. The summed E-state index contributed by atoms with van der Waals surface area (Å²) in [6.45, 7) is 9.19. The van der Waals surface area contributed by atoms with Gasteiger partial charge in [-0.05, 0) is 27.7 Å². The highest BCUT2D eigenvalue weighted by molar-refractivity contribution is 5.82. The van der Waals surface area contributed by atoms with E-state index >= 15 is 0 Å². The van der Waals surface area contributed by atoms with Gasteiger partial charge >= 0.3 is 12.0 Å². The summed E-state index contributed by atoms with van der Waals surface area (Å²) in [4.78, 5) is 24.6. The molecule has 0 spiro atoms. The molecule has 0 radical (unpaired) electrons. The summed E-state index contributed by atoms with van der Waals surface area (Å²) >= 11 is 0. The SMILES string of the molecule is CC(C)N(CCNC(=O)NC(CCO)C(=O)O)C(C)C. The molecule has 118 valence electrons. The molecule has 0 heterocycles. The first-order chi connectivity index (χ1) is 9.29. The summed E-state index contributed by atoms with van der Waals surface area (Å²) in [5, 5.41) is 22.5. The van der Waals surface area contributed by atoms with Crippen LogP contribution in [-0.2, 0) is 4.79 Å². The molecule has 0 saturated heterocycles. The predicted octanol–water partition coefficient (Wildman–Crippen LogP) is 0.240. The molecule has 0 aliphatic rings. The highest BCUT2D eigenvalue weighted by Crippen LogP contribution is 2.03. The largest absolute Gasteiger partial charge is 0.480 e. The number of nitrogens with zero attached hydrogens (tertiary/aromatic N) is 1. The molecule has 0 aliphatic carbocycles. The first kappa shape index (κ1) is 18.7. The summed E-state index contributed by atoms with van der Waals surface area (Å²) in [5.41, 5.74) is 0. The van der Waals surface area contributed by atoms with Crippen LogP contribution in [0.4, 0.5) is 4.79 Å². The van der Waals surface area contributed by atoms with E-state index in [0.717, 1.165) is 0 Å². The van der Waals surface area contributed by atoms with Crippen molar-refractivity contribution in [2.24, 2.45) is 0 Å². The van der Waals surface area contributed by atoms with E-state index in [-0.39, 0.29) is 13.0 Å². The second-order valence-corrected chi connectivity index (χ2v) is 5.23. The van der Waals surface area contributed by atoms with Crippen LogP contribution in [0.15, 0.2) is 0 Å². The number of urea groups is 1. The lowest BCUT2D eigenvalue weighted by Crippen LogP contribution is -2.49. The van der Waals surface area contributed by atoms with E-state index in [4.69, 9.17) is 10.2 Å². The Labute approximate surface area is 120 Å². The molecule has 0 saturated carbocycles. The maximum absolute atomic E-state index is 11.6. The number of aliphatic hydroxyl groups excluding tert-OH is 1. The molecular formula is C13H27N3O4. The minimum Gasteiger partial charge on any atom is -0.480 e. The van der Waals surface area contributed by atoms with E-state index in [9.17, 15) is 9.59 Å². The number of aliphatic hydroxyl groups is 1. The van der Waals surface area contributed by atoms with Crippen molar-refractivity contribution in [1.82, 2.24) is 15.5 Å². The second kappa shape index (κ2) is 9.55. The first-order valence-electron chi connectivity index (χ1n) is 6.93. The topological polar surface area (TPSA) is 102 Å². The van der Waals surface area contributed by atoms with Gasteiger partial charge in [0.1, 0.15) is 6.04 Å². The van der Waals surface area contributed by atoms with E-state index in [1.165, 1.54) is 0 Å². The van der Waals surface area contributed by atoms with Gasteiger partial charge in [-0.2, -0.15) is 0 Å². The lowest BCUT2D eigenvalue weighted by atomic mass is 10.2. The van der Waals surface area contributed by atoms with Crippen LogP contribution in [-0.4, -0.2) is 64.9 Å². The van der Waals surface area contributed by atoms with Gasteiger partial charge in [-0.25, -0.2) is 9.59 Å². The van der Waals surface area contributed by atoms with E-state index < -0.39 is 18.0 Å². The third-order valence-corrected chi connectivity index (χ3v) is 3.00. The summed E-state index contributed by atoms with van der Waals surface area (Å²) in [7, 11) is 0. The third kappa shape index (κ3) is 7.30. The fraction of sp³-hybridized carbons (Fsp3) is 0.846. The Hall–Kier alpha value is -1.34. The van der Waals surface area contributed by atoms with Crippen LogP contribution in [0.1, 0.15) is 34.1 Å². The quantitative estimate of drug-likeness (QED) is 0.487. The third-order valence-electron chi connectivity index (χ3n) is 3.00. The molecule has 2 amide bonds. The number of rotatable bonds is 9. The number of carboxylic acid groups (broad SMARTS) is 1. The molecule has 0 bridgehead atoms. The molecule has 4 N–H and O–H groups in total. The minimum atomic E-state index is -1.15. The molecule has 7 heteroatoms. The van der Waals surface area contributed by atoms with Crippen LogP contribution < -0.4 is 10.6 Å². The number of nitrogens with one attached hydrogen (secondary N) is 2. The molecule has 0 aliphatic heterocycles. The lowest BCUT2D eigenvalue weighted by molar-refractivity contribution is -0.139. The van der Waals surface area contributed by atoms with Gasteiger partial charge < -0.3 is 20.8 Å². The average molecular weight is 289 g/mol. The number of carboxylic acids is 1. The molecule has 0 fully saturated rings. The van der Waals surface area contributed by atoms with Gasteiger partial charge in [0.2, 0.25) is 0 Å². The Balaban J connectivity index is 4.12. The van der Waals surface area contributed by atoms with Crippen LogP contribution in [0.3, 0.4) is 0 Å². The molecule has 7 nitrogen and oxygen atoms in total. The molecular weight excluding hydrogens is 262 g/mol. The van der Waals surface area contributed by atoms with Gasteiger partial charge in [-0.15, -0.1) is 0 Å². The van der Waals surface area contributed by atoms with Crippen LogP contribution in [0, 0.1) is 0 Å². The van der Waals surface area contributed by atoms with Crippen molar-refractivity contribution in [1.29, 1.82) is 0 Å². The molecule has 0 aromatic carbocycles. The summed E-state index contributed by atoms with van der Waals surface area (Å²) in [6, 6.07) is -0.841. The Morgan fingerprint density at radius 3 is 2.10 bits per heavy atom. The molecule has 20 heavy (non-hydrogen) atoms. The maximum atomic E-state index is 11.6. The summed E-state index contributed by atoms with van der Waals surface area (Å²) < 4.78 is 0. The van der Waals surface area contributed by atoms with Crippen molar-refractivity contribution < 1.29 is 19.8 Å². The van der Waals surface area contributed by atoms with E-state index in [0.29, 0.717) is 25.2 Å². The van der Waals surface area contributed by atoms with E-state index in [1.54, 1.807) is 0 Å². The second-order valence-electron chi connectivity index (χ2n) is 5.23. The van der Waals surface area contributed by atoms with Crippen molar-refractivity contribution in [3.8, 4) is 0 Å². The molecule has 0 aromatic heterocycles. The molecule has 1 atom stereocenters. The predicted molar refractivity (Wildman–Crippen MR) is 76.6 cm³/mol. The number of amides is 2. The van der Waals surface area contributed by atoms with Crippen molar-refractivity contribution in [3.63, 3.8) is 0 Å². The Bertz CT molecular complexity index is 300. The number of carbonyl (C=O) groups is 2. The Morgan fingerprint density at radius 1 is 1.15 bits per heavy atom. The van der Waals surface area contributed by atoms with Crippen molar-refractivity contribution in [3.05, 3.63) is 0 Å². The van der Waals surface area contributed by atoms with Gasteiger partial charge in [-0.1, -0.05) is 0 Å². The summed E-state index contributed by atoms with van der Waals surface area (Å²) in [5.74, 6) is -1.15. The minimum absolute atomic E-state index is 0.00708. The standard InChI is InChI=1S/C13H27N3O4/c1-9(2)16(10(3)4)7-6-14-13(20)15-11(5-8-17)12(18)19/h9-11,17H,5-8H2,1-4H3,(H,18,19)(H2,14,15,20). The zero-order chi connectivity index (χ0) is 15.7. The van der Waals surface area contributed by atoms with Crippen LogP contribution >= 0.6 is 0 Å². The highest BCUT2D eigenvalue weighted by Gasteiger charge is 2.19. The Kier molecular flexibility index (Phi) is 8.91. The molecule has 0 aromatic rings. The number of carbonyl (C=O) groups excluding carboxylic acids is 1. The first-order valence-corrected chi connectivity index (χ1v) is 6.93. The van der Waals surface area contributed by atoms with Gasteiger partial charge in [0.15, 0.2) is 0 Å². The monoisotopic (exact) mass is 289 g/mol. The fourth-order valence-corrected chi connectivity index (χ4v) is 2.01. The zero-order valence-electron chi connectivity index (χ0n) is 12.7. The molecule has 1 unspecified atom stereocenters. The average Bonchev–Trinajstić information content (AvgIpc) is 2.32. The van der Waals surface area contributed by atoms with Gasteiger partial charge in [-0.3, -0.25) is 4.90 Å². The fourth-order valence-electron chi connectivity index (χ4n) is 2.01. The number of hydrogen-bond acceptors (Lipinski definition) is 4. The van der Waals surface area contributed by atoms with E-state index in [2.05, 4.69) is 43.2 Å². The smallest absolute Gasteiger partial charge is 0.326 e. The van der Waals surface area contributed by atoms with Crippen LogP contribution in [0.25, 0.3) is 0 Å². The highest BCUT2D eigenvalue weighted by atomic mass is 16.4. The lowest BCUT2D eigenvalue weighted by Gasteiger charge is -2.30. The van der Waals surface area contributed by atoms with Gasteiger partial charge in [0, 0.05) is 38.2 Å².